The fraction of sp³-hybridized carbons (Fsp3) is 0.412. The van der Waals surface area contributed by atoms with Crippen LogP contribution in [0.3, 0.4) is 0 Å². The van der Waals surface area contributed by atoms with E-state index in [1.54, 1.807) is 20.3 Å². The Hall–Kier alpha value is -2.41. The van der Waals surface area contributed by atoms with E-state index in [9.17, 15) is 9.18 Å². The second-order valence-corrected chi connectivity index (χ2v) is 6.30. The molecule has 3 rings (SSSR count). The van der Waals surface area contributed by atoms with Gasteiger partial charge in [-0.2, -0.15) is 5.10 Å². The van der Waals surface area contributed by atoms with Crippen molar-refractivity contribution >= 4 is 6.03 Å². The van der Waals surface area contributed by atoms with Gasteiger partial charge in [0.15, 0.2) is 0 Å². The predicted molar refractivity (Wildman–Crippen MR) is 88.9 cm³/mol. The predicted octanol–water partition coefficient (Wildman–Crippen LogP) is 1.85. The summed E-state index contributed by atoms with van der Waals surface area (Å²) in [7, 11) is 3.44. The second kappa shape index (κ2) is 7.00. The molecule has 0 spiro atoms. The Morgan fingerprint density at radius 3 is 2.79 bits per heavy atom. The number of rotatable bonds is 4. The van der Waals surface area contributed by atoms with Gasteiger partial charge in [0.2, 0.25) is 0 Å². The highest BCUT2D eigenvalue weighted by molar-refractivity contribution is 5.73. The fourth-order valence-electron chi connectivity index (χ4n) is 2.95. The molecule has 0 fully saturated rings. The molecule has 1 aromatic carbocycles. The van der Waals surface area contributed by atoms with E-state index in [-0.39, 0.29) is 17.9 Å². The molecule has 1 atom stereocenters. The Morgan fingerprint density at radius 1 is 1.33 bits per heavy atom. The minimum Gasteiger partial charge on any atom is -0.336 e. The lowest BCUT2D eigenvalue weighted by atomic mass is 10.1. The molecule has 1 N–H and O–H groups in total. The maximum Gasteiger partial charge on any atom is 0.316 e. The lowest BCUT2D eigenvalue weighted by molar-refractivity contribution is 0.162. The maximum absolute atomic E-state index is 13.1. The molecule has 7 heteroatoms. The van der Waals surface area contributed by atoms with Gasteiger partial charge in [0.25, 0.3) is 0 Å². The number of urea groups is 1. The van der Waals surface area contributed by atoms with Crippen LogP contribution in [0.2, 0.25) is 0 Å². The number of nitrogens with one attached hydrogen (secondary N) is 1. The van der Waals surface area contributed by atoms with Crippen molar-refractivity contribution in [2.45, 2.75) is 19.1 Å². The molecule has 0 radical (unpaired) electrons. The molecule has 2 heterocycles. The van der Waals surface area contributed by atoms with Gasteiger partial charge < -0.3 is 10.2 Å². The summed E-state index contributed by atoms with van der Waals surface area (Å²) in [5.74, 6) is -0.222. The van der Waals surface area contributed by atoms with Crippen molar-refractivity contribution in [1.82, 2.24) is 24.9 Å². The molecule has 2 amide bonds. The Bertz CT molecular complexity index is 697. The van der Waals surface area contributed by atoms with Gasteiger partial charge in [0.1, 0.15) is 5.82 Å². The average Bonchev–Trinajstić information content (AvgIpc) is 3.03. The topological polar surface area (TPSA) is 53.4 Å². The monoisotopic (exact) mass is 331 g/mol. The van der Waals surface area contributed by atoms with E-state index in [1.807, 2.05) is 22.9 Å². The van der Waals surface area contributed by atoms with Crippen LogP contribution in [0.15, 0.2) is 36.5 Å². The van der Waals surface area contributed by atoms with Gasteiger partial charge in [-0.1, -0.05) is 12.1 Å². The minimum atomic E-state index is -0.222. The van der Waals surface area contributed by atoms with Crippen molar-refractivity contribution in [2.24, 2.45) is 0 Å². The van der Waals surface area contributed by atoms with Gasteiger partial charge >= 0.3 is 6.03 Å². The highest BCUT2D eigenvalue weighted by atomic mass is 19.1. The van der Waals surface area contributed by atoms with E-state index in [1.165, 1.54) is 17.0 Å². The molecular weight excluding hydrogens is 309 g/mol. The number of fused-ring (bicyclic) bond motifs is 1. The fourth-order valence-corrected chi connectivity index (χ4v) is 2.95. The first-order valence-electron chi connectivity index (χ1n) is 7.97. The lowest BCUT2D eigenvalue weighted by Crippen LogP contribution is -2.44. The Labute approximate surface area is 140 Å². The molecule has 0 aliphatic carbocycles. The molecule has 6 nitrogen and oxygen atoms in total. The standard InChI is InChI=1S/C17H22FN5O/c1-21(2)17(24)19-9-16-12-22(11-15-7-8-20-23(15)16)10-13-3-5-14(18)6-4-13/h3-8,16H,9-12H2,1-2H3,(H,19,24). The highest BCUT2D eigenvalue weighted by Crippen LogP contribution is 2.21. The minimum absolute atomic E-state index is 0.0769. The Kier molecular flexibility index (Phi) is 4.80. The van der Waals surface area contributed by atoms with Gasteiger partial charge in [-0.3, -0.25) is 9.58 Å². The van der Waals surface area contributed by atoms with Crippen LogP contribution in [0.25, 0.3) is 0 Å². The molecule has 1 aromatic heterocycles. The zero-order chi connectivity index (χ0) is 17.1. The van der Waals surface area contributed by atoms with Crippen molar-refractivity contribution in [3.05, 3.63) is 53.6 Å². The second-order valence-electron chi connectivity index (χ2n) is 6.30. The van der Waals surface area contributed by atoms with Crippen LogP contribution in [0, 0.1) is 5.82 Å². The van der Waals surface area contributed by atoms with Crippen LogP contribution in [0.5, 0.6) is 0 Å². The number of hydrogen-bond acceptors (Lipinski definition) is 3. The zero-order valence-electron chi connectivity index (χ0n) is 13.9. The Morgan fingerprint density at radius 2 is 2.08 bits per heavy atom. The van der Waals surface area contributed by atoms with E-state index in [4.69, 9.17) is 0 Å². The van der Waals surface area contributed by atoms with E-state index in [2.05, 4.69) is 15.3 Å². The average molecular weight is 331 g/mol. The van der Waals surface area contributed by atoms with E-state index >= 15 is 0 Å². The first kappa shape index (κ1) is 16.4. The molecular formula is C17H22FN5O. The normalized spacial score (nSPS) is 17.4. The lowest BCUT2D eigenvalue weighted by Gasteiger charge is -2.34. The largest absolute Gasteiger partial charge is 0.336 e. The van der Waals surface area contributed by atoms with Crippen LogP contribution in [0.1, 0.15) is 17.3 Å². The number of benzene rings is 1. The third-order valence-electron chi connectivity index (χ3n) is 4.17. The number of carbonyl (C=O) groups is 1. The Balaban J connectivity index is 1.68. The van der Waals surface area contributed by atoms with E-state index in [0.29, 0.717) is 6.54 Å². The maximum atomic E-state index is 13.1. The summed E-state index contributed by atoms with van der Waals surface area (Å²) < 4.78 is 15.0. The molecule has 1 aliphatic rings. The zero-order valence-corrected chi connectivity index (χ0v) is 13.9. The van der Waals surface area contributed by atoms with Gasteiger partial charge in [0.05, 0.1) is 11.7 Å². The van der Waals surface area contributed by atoms with Crippen LogP contribution >= 0.6 is 0 Å². The molecule has 0 bridgehead atoms. The van der Waals surface area contributed by atoms with Crippen molar-refractivity contribution in [1.29, 1.82) is 0 Å². The third kappa shape index (κ3) is 3.73. The number of aromatic nitrogens is 2. The quantitative estimate of drug-likeness (QED) is 0.930. The molecule has 128 valence electrons. The van der Waals surface area contributed by atoms with Crippen LogP contribution in [0.4, 0.5) is 9.18 Å². The van der Waals surface area contributed by atoms with Gasteiger partial charge in [0, 0.05) is 46.5 Å². The molecule has 2 aromatic rings. The summed E-state index contributed by atoms with van der Waals surface area (Å²) in [6.45, 7) is 2.82. The number of carbonyl (C=O) groups excluding carboxylic acids is 1. The molecule has 1 aliphatic heterocycles. The SMILES string of the molecule is CN(C)C(=O)NCC1CN(Cc2ccc(F)cc2)Cc2ccnn21. The molecule has 1 unspecified atom stereocenters. The first-order chi connectivity index (χ1) is 11.5. The molecule has 24 heavy (non-hydrogen) atoms. The number of hydrogen-bond donors (Lipinski definition) is 1. The van der Waals surface area contributed by atoms with Crippen LogP contribution in [-0.2, 0) is 13.1 Å². The summed E-state index contributed by atoms with van der Waals surface area (Å²) in [6.07, 6.45) is 1.79. The van der Waals surface area contributed by atoms with Crippen molar-refractivity contribution in [3.63, 3.8) is 0 Å². The van der Waals surface area contributed by atoms with Gasteiger partial charge in [-0.25, -0.2) is 9.18 Å². The smallest absolute Gasteiger partial charge is 0.316 e. The summed E-state index contributed by atoms with van der Waals surface area (Å²) in [6, 6.07) is 8.55. The van der Waals surface area contributed by atoms with E-state index in [0.717, 1.165) is 30.9 Å². The third-order valence-corrected chi connectivity index (χ3v) is 4.17. The molecule has 0 saturated heterocycles. The first-order valence-corrected chi connectivity index (χ1v) is 7.97. The number of nitrogens with zero attached hydrogens (tertiary/aromatic N) is 4. The van der Waals surface area contributed by atoms with Crippen molar-refractivity contribution in [3.8, 4) is 0 Å². The summed E-state index contributed by atoms with van der Waals surface area (Å²) in [5.41, 5.74) is 2.19. The van der Waals surface area contributed by atoms with Gasteiger partial charge in [-0.05, 0) is 23.8 Å². The van der Waals surface area contributed by atoms with Crippen molar-refractivity contribution < 1.29 is 9.18 Å². The van der Waals surface area contributed by atoms with Crippen LogP contribution in [-0.4, -0.2) is 52.8 Å². The molecule has 0 saturated carbocycles. The summed E-state index contributed by atoms with van der Waals surface area (Å²) in [5, 5.41) is 7.31. The number of amides is 2. The highest BCUT2D eigenvalue weighted by Gasteiger charge is 2.26. The van der Waals surface area contributed by atoms with Gasteiger partial charge in [-0.15, -0.1) is 0 Å². The summed E-state index contributed by atoms with van der Waals surface area (Å²) in [4.78, 5) is 15.6. The van der Waals surface area contributed by atoms with Crippen LogP contribution < -0.4 is 5.32 Å². The number of halogens is 1. The summed E-state index contributed by atoms with van der Waals surface area (Å²) >= 11 is 0. The van der Waals surface area contributed by atoms with Crippen molar-refractivity contribution in [2.75, 3.05) is 27.2 Å². The van der Waals surface area contributed by atoms with E-state index < -0.39 is 0 Å².